The summed E-state index contributed by atoms with van der Waals surface area (Å²) >= 11 is 1.15. The van der Waals surface area contributed by atoms with Gasteiger partial charge in [0.2, 0.25) is 5.91 Å². The number of para-hydroxylation sites is 1. The minimum Gasteiger partial charge on any atom is -0.378 e. The Hall–Kier alpha value is -1.82. The monoisotopic (exact) mass is 305 g/mol. The van der Waals surface area contributed by atoms with Crippen molar-refractivity contribution in [3.8, 4) is 0 Å². The van der Waals surface area contributed by atoms with E-state index in [1.165, 1.54) is 0 Å². The molecule has 21 heavy (non-hydrogen) atoms. The Balaban J connectivity index is 2.08. The number of thioether (sulfide) groups is 1. The Morgan fingerprint density at radius 2 is 1.95 bits per heavy atom. The number of benzene rings is 1. The summed E-state index contributed by atoms with van der Waals surface area (Å²) in [4.78, 5) is 27.4. The number of amides is 2. The lowest BCUT2D eigenvalue weighted by Gasteiger charge is -2.15. The first-order valence-electron chi connectivity index (χ1n) is 7.00. The van der Waals surface area contributed by atoms with Gasteiger partial charge in [-0.3, -0.25) is 9.59 Å². The summed E-state index contributed by atoms with van der Waals surface area (Å²) < 4.78 is 0. The predicted octanol–water partition coefficient (Wildman–Crippen LogP) is 2.10. The highest BCUT2D eigenvalue weighted by molar-refractivity contribution is 8.15. The normalized spacial score (nSPS) is 17.7. The summed E-state index contributed by atoms with van der Waals surface area (Å²) in [5, 5.41) is 2.69. The molecule has 0 unspecified atom stereocenters. The van der Waals surface area contributed by atoms with Crippen molar-refractivity contribution in [1.82, 2.24) is 0 Å². The van der Waals surface area contributed by atoms with Crippen molar-refractivity contribution in [3.05, 3.63) is 29.3 Å². The summed E-state index contributed by atoms with van der Waals surface area (Å²) in [6.45, 7) is 4.10. The molecular weight excluding hydrogens is 286 g/mol. The molecule has 0 spiro atoms. The van der Waals surface area contributed by atoms with Crippen LogP contribution in [-0.4, -0.2) is 22.2 Å². The standard InChI is InChI=1S/C15H19N3O2S/c1-3-9-6-5-7-10(4-2)13(9)17-12(19)8-11-14(20)18-15(16)21-11/h5-7,11H,3-4,8H2,1-2H3,(H,17,19)(H2,16,18,20)/t11-/m0/s1. The first kappa shape index (κ1) is 15.6. The summed E-state index contributed by atoms with van der Waals surface area (Å²) in [5.41, 5.74) is 8.57. The molecule has 0 saturated heterocycles. The van der Waals surface area contributed by atoms with E-state index in [4.69, 9.17) is 5.73 Å². The second-order valence-electron chi connectivity index (χ2n) is 4.81. The Bertz CT molecular complexity index is 576. The van der Waals surface area contributed by atoms with Crippen LogP contribution in [0.5, 0.6) is 0 Å². The van der Waals surface area contributed by atoms with Gasteiger partial charge in [0, 0.05) is 12.1 Å². The van der Waals surface area contributed by atoms with Gasteiger partial charge in [0.05, 0.1) is 0 Å². The molecule has 112 valence electrons. The number of nitrogens with zero attached hydrogens (tertiary/aromatic N) is 1. The third-order valence-corrected chi connectivity index (χ3v) is 4.38. The van der Waals surface area contributed by atoms with Gasteiger partial charge in [-0.1, -0.05) is 43.8 Å². The molecule has 6 heteroatoms. The maximum atomic E-state index is 12.2. The molecule has 1 aromatic rings. The smallest absolute Gasteiger partial charge is 0.262 e. The Morgan fingerprint density at radius 3 is 2.43 bits per heavy atom. The third kappa shape index (κ3) is 3.64. The van der Waals surface area contributed by atoms with Crippen LogP contribution in [0.15, 0.2) is 23.2 Å². The number of aliphatic imine (C=N–C) groups is 1. The molecule has 3 N–H and O–H groups in total. The number of anilines is 1. The van der Waals surface area contributed by atoms with E-state index in [0.29, 0.717) is 0 Å². The van der Waals surface area contributed by atoms with E-state index >= 15 is 0 Å². The minimum atomic E-state index is -0.496. The number of aryl methyl sites for hydroxylation is 2. The molecule has 0 aromatic heterocycles. The molecule has 2 amide bonds. The Labute approximate surface area is 128 Å². The van der Waals surface area contributed by atoms with E-state index in [2.05, 4.69) is 24.2 Å². The SMILES string of the molecule is CCc1cccc(CC)c1NC(=O)C[C@@H]1SC(N)=NC1=O. The topological polar surface area (TPSA) is 84.6 Å². The lowest BCUT2D eigenvalue weighted by Crippen LogP contribution is -2.22. The number of nitrogens with two attached hydrogens (primary N) is 1. The first-order valence-corrected chi connectivity index (χ1v) is 7.88. The lowest BCUT2D eigenvalue weighted by molar-refractivity contribution is -0.121. The summed E-state index contributed by atoms with van der Waals surface area (Å²) in [5.74, 6) is -0.506. The van der Waals surface area contributed by atoms with Crippen LogP contribution in [0.2, 0.25) is 0 Å². The molecule has 2 rings (SSSR count). The fourth-order valence-electron chi connectivity index (χ4n) is 2.29. The van der Waals surface area contributed by atoms with Gasteiger partial charge >= 0.3 is 0 Å². The van der Waals surface area contributed by atoms with Crippen molar-refractivity contribution in [2.45, 2.75) is 38.4 Å². The average Bonchev–Trinajstić information content (AvgIpc) is 2.76. The number of carbonyl (C=O) groups excluding carboxylic acids is 2. The van der Waals surface area contributed by atoms with Crippen LogP contribution >= 0.6 is 11.8 Å². The van der Waals surface area contributed by atoms with E-state index in [1.54, 1.807) is 0 Å². The van der Waals surface area contributed by atoms with E-state index in [1.807, 2.05) is 18.2 Å². The fraction of sp³-hybridized carbons (Fsp3) is 0.400. The summed E-state index contributed by atoms with van der Waals surface area (Å²) in [6.07, 6.45) is 1.78. The number of hydrogen-bond donors (Lipinski definition) is 2. The maximum Gasteiger partial charge on any atom is 0.262 e. The predicted molar refractivity (Wildman–Crippen MR) is 86.5 cm³/mol. The van der Waals surface area contributed by atoms with Gasteiger partial charge in [-0.05, 0) is 24.0 Å². The molecule has 0 bridgehead atoms. The zero-order valence-electron chi connectivity index (χ0n) is 12.2. The number of amidine groups is 1. The van der Waals surface area contributed by atoms with Crippen molar-refractivity contribution in [3.63, 3.8) is 0 Å². The van der Waals surface area contributed by atoms with Gasteiger partial charge in [0.25, 0.3) is 5.91 Å². The third-order valence-electron chi connectivity index (χ3n) is 3.39. The van der Waals surface area contributed by atoms with Crippen molar-refractivity contribution >= 4 is 34.4 Å². The van der Waals surface area contributed by atoms with Crippen molar-refractivity contribution < 1.29 is 9.59 Å². The molecule has 1 aromatic carbocycles. The fourth-order valence-corrected chi connectivity index (χ4v) is 3.12. The van der Waals surface area contributed by atoms with Gasteiger partial charge in [0.1, 0.15) is 5.25 Å². The van der Waals surface area contributed by atoms with E-state index < -0.39 is 5.25 Å². The highest BCUT2D eigenvalue weighted by Gasteiger charge is 2.29. The van der Waals surface area contributed by atoms with Gasteiger partial charge in [0.15, 0.2) is 5.17 Å². The van der Waals surface area contributed by atoms with Crippen LogP contribution in [0.4, 0.5) is 5.69 Å². The number of carbonyl (C=O) groups is 2. The van der Waals surface area contributed by atoms with E-state index in [-0.39, 0.29) is 23.4 Å². The second kappa shape index (κ2) is 6.76. The van der Waals surface area contributed by atoms with E-state index in [0.717, 1.165) is 41.4 Å². The number of nitrogens with one attached hydrogen (secondary N) is 1. The molecule has 0 saturated carbocycles. The highest BCUT2D eigenvalue weighted by atomic mass is 32.2. The zero-order valence-corrected chi connectivity index (χ0v) is 13.0. The first-order chi connectivity index (χ1) is 10.0. The van der Waals surface area contributed by atoms with Crippen LogP contribution in [0.3, 0.4) is 0 Å². The van der Waals surface area contributed by atoms with Crippen LogP contribution < -0.4 is 11.1 Å². The molecule has 0 aliphatic carbocycles. The van der Waals surface area contributed by atoms with Gasteiger partial charge < -0.3 is 11.1 Å². The Kier molecular flexibility index (Phi) is 5.01. The van der Waals surface area contributed by atoms with Gasteiger partial charge in [-0.25, -0.2) is 0 Å². The number of rotatable bonds is 5. The van der Waals surface area contributed by atoms with Crippen LogP contribution in [-0.2, 0) is 22.4 Å². The maximum absolute atomic E-state index is 12.2. The quantitative estimate of drug-likeness (QED) is 0.872. The molecule has 1 aliphatic heterocycles. The summed E-state index contributed by atoms with van der Waals surface area (Å²) in [6, 6.07) is 6.01. The molecule has 5 nitrogen and oxygen atoms in total. The largest absolute Gasteiger partial charge is 0.378 e. The molecule has 0 radical (unpaired) electrons. The average molecular weight is 305 g/mol. The van der Waals surface area contributed by atoms with Crippen molar-refractivity contribution in [2.75, 3.05) is 5.32 Å². The highest BCUT2D eigenvalue weighted by Crippen LogP contribution is 2.26. The van der Waals surface area contributed by atoms with Crippen LogP contribution in [0.25, 0.3) is 0 Å². The molecule has 1 aliphatic rings. The number of hydrogen-bond acceptors (Lipinski definition) is 4. The molecular formula is C15H19N3O2S. The summed E-state index contributed by atoms with van der Waals surface area (Å²) in [7, 11) is 0. The van der Waals surface area contributed by atoms with E-state index in [9.17, 15) is 9.59 Å². The molecule has 0 fully saturated rings. The van der Waals surface area contributed by atoms with Crippen LogP contribution in [0, 0.1) is 0 Å². The van der Waals surface area contributed by atoms with Crippen molar-refractivity contribution in [1.29, 1.82) is 0 Å². The van der Waals surface area contributed by atoms with Crippen molar-refractivity contribution in [2.24, 2.45) is 10.7 Å². The molecule has 1 atom stereocenters. The lowest BCUT2D eigenvalue weighted by atomic mass is 10.0. The zero-order chi connectivity index (χ0) is 15.4. The van der Waals surface area contributed by atoms with Gasteiger partial charge in [-0.15, -0.1) is 0 Å². The minimum absolute atomic E-state index is 0.0922. The molecule has 1 heterocycles. The second-order valence-corrected chi connectivity index (χ2v) is 6.03. The van der Waals surface area contributed by atoms with Crippen LogP contribution in [0.1, 0.15) is 31.4 Å². The Morgan fingerprint density at radius 1 is 1.33 bits per heavy atom. The van der Waals surface area contributed by atoms with Gasteiger partial charge in [-0.2, -0.15) is 4.99 Å².